The number of hydrogen-bond donors (Lipinski definition) is 1. The van der Waals surface area contributed by atoms with Gasteiger partial charge in [-0.2, -0.15) is 0 Å². The van der Waals surface area contributed by atoms with Crippen LogP contribution >= 0.6 is 0 Å². The van der Waals surface area contributed by atoms with Crippen molar-refractivity contribution in [3.05, 3.63) is 34.9 Å². The molecule has 1 heteroatoms. The molecule has 0 bridgehead atoms. The summed E-state index contributed by atoms with van der Waals surface area (Å²) in [5, 5.41) is 8.85. The van der Waals surface area contributed by atoms with Crippen LogP contribution in [0.4, 0.5) is 0 Å². The Labute approximate surface area is 106 Å². The van der Waals surface area contributed by atoms with Crippen LogP contribution in [0.25, 0.3) is 0 Å². The normalized spacial score (nSPS) is 25.8. The van der Waals surface area contributed by atoms with Crippen LogP contribution in [0.1, 0.15) is 47.5 Å². The minimum Gasteiger partial charge on any atom is -0.392 e. The first-order chi connectivity index (χ1) is 7.88. The summed E-state index contributed by atoms with van der Waals surface area (Å²) < 4.78 is 0. The summed E-state index contributed by atoms with van der Waals surface area (Å²) in [5.41, 5.74) is 4.41. The van der Waals surface area contributed by atoms with Gasteiger partial charge in [-0.05, 0) is 43.6 Å². The topological polar surface area (TPSA) is 20.2 Å². The van der Waals surface area contributed by atoms with E-state index in [1.54, 1.807) is 0 Å². The minimum absolute atomic E-state index is 0.119. The first kappa shape index (κ1) is 14.2. The maximum absolute atomic E-state index is 8.85. The molecule has 0 heterocycles. The smallest absolute Gasteiger partial charge is 0.0617 e. The van der Waals surface area contributed by atoms with Gasteiger partial charge >= 0.3 is 0 Å². The van der Waals surface area contributed by atoms with Gasteiger partial charge in [-0.15, -0.1) is 0 Å². The van der Waals surface area contributed by atoms with Crippen molar-refractivity contribution >= 4 is 0 Å². The molecule has 1 rings (SSSR count). The fourth-order valence-corrected chi connectivity index (χ4v) is 2.51. The fraction of sp³-hybridized carbons (Fsp3) is 0.625. The van der Waals surface area contributed by atoms with Crippen LogP contribution in [-0.2, 0) is 0 Å². The van der Waals surface area contributed by atoms with Gasteiger partial charge in [0.05, 0.1) is 6.61 Å². The zero-order valence-corrected chi connectivity index (χ0v) is 11.9. The van der Waals surface area contributed by atoms with Gasteiger partial charge in [0.25, 0.3) is 0 Å². The average molecular weight is 234 g/mol. The van der Waals surface area contributed by atoms with Gasteiger partial charge in [0.2, 0.25) is 0 Å². The lowest BCUT2D eigenvalue weighted by Gasteiger charge is -2.36. The minimum atomic E-state index is 0.119. The van der Waals surface area contributed by atoms with Crippen molar-refractivity contribution in [1.82, 2.24) is 0 Å². The van der Waals surface area contributed by atoms with E-state index in [-0.39, 0.29) is 12.0 Å². The summed E-state index contributed by atoms with van der Waals surface area (Å²) in [5.74, 6) is 0.699. The number of allylic oxidation sites excluding steroid dienone is 5. The van der Waals surface area contributed by atoms with Crippen LogP contribution in [0.5, 0.6) is 0 Å². The predicted octanol–water partition coefficient (Wildman–Crippen LogP) is 4.25. The Morgan fingerprint density at radius 3 is 2.71 bits per heavy atom. The van der Waals surface area contributed by atoms with Crippen molar-refractivity contribution in [3.63, 3.8) is 0 Å². The highest BCUT2D eigenvalue weighted by Crippen LogP contribution is 2.43. The Balaban J connectivity index is 3.00. The molecule has 1 aliphatic carbocycles. The summed E-state index contributed by atoms with van der Waals surface area (Å²) in [6.07, 6.45) is 8.75. The second-order valence-corrected chi connectivity index (χ2v) is 5.88. The molecule has 1 N–H and O–H groups in total. The van der Waals surface area contributed by atoms with Gasteiger partial charge in [0, 0.05) is 0 Å². The van der Waals surface area contributed by atoms with E-state index in [1.807, 2.05) is 13.0 Å². The Hall–Kier alpha value is -0.820. The third-order valence-electron chi connectivity index (χ3n) is 4.02. The molecular formula is C16H26O. The van der Waals surface area contributed by atoms with E-state index in [9.17, 15) is 0 Å². The Morgan fingerprint density at radius 1 is 1.47 bits per heavy atom. The van der Waals surface area contributed by atoms with E-state index in [2.05, 4.69) is 39.8 Å². The molecule has 0 saturated heterocycles. The SMILES string of the molecule is CC1=C(/C=C/C(C)=C/CO)C(C)(C)CCC1C. The van der Waals surface area contributed by atoms with Gasteiger partial charge in [-0.3, -0.25) is 0 Å². The lowest BCUT2D eigenvalue weighted by Crippen LogP contribution is -2.23. The van der Waals surface area contributed by atoms with Crippen molar-refractivity contribution in [2.45, 2.75) is 47.5 Å². The Kier molecular flexibility index (Phi) is 4.76. The molecule has 1 nitrogen and oxygen atoms in total. The average Bonchev–Trinajstić information content (AvgIpc) is 2.24. The van der Waals surface area contributed by atoms with E-state index >= 15 is 0 Å². The summed E-state index contributed by atoms with van der Waals surface area (Å²) >= 11 is 0. The highest BCUT2D eigenvalue weighted by molar-refractivity contribution is 5.36. The van der Waals surface area contributed by atoms with Crippen LogP contribution in [-0.4, -0.2) is 11.7 Å². The number of aliphatic hydroxyl groups excluding tert-OH is 1. The molecule has 0 radical (unpaired) electrons. The van der Waals surface area contributed by atoms with Crippen molar-refractivity contribution in [2.24, 2.45) is 11.3 Å². The molecule has 0 amide bonds. The van der Waals surface area contributed by atoms with Crippen molar-refractivity contribution in [1.29, 1.82) is 0 Å². The van der Waals surface area contributed by atoms with E-state index in [4.69, 9.17) is 5.11 Å². The largest absolute Gasteiger partial charge is 0.392 e. The van der Waals surface area contributed by atoms with Crippen LogP contribution < -0.4 is 0 Å². The Morgan fingerprint density at radius 2 is 2.12 bits per heavy atom. The zero-order chi connectivity index (χ0) is 13.1. The van der Waals surface area contributed by atoms with E-state index in [0.29, 0.717) is 5.92 Å². The molecule has 0 saturated carbocycles. The zero-order valence-electron chi connectivity index (χ0n) is 11.9. The number of aliphatic hydroxyl groups is 1. The fourth-order valence-electron chi connectivity index (χ4n) is 2.51. The van der Waals surface area contributed by atoms with Crippen LogP contribution in [0.3, 0.4) is 0 Å². The van der Waals surface area contributed by atoms with Gasteiger partial charge in [0.1, 0.15) is 0 Å². The first-order valence-electron chi connectivity index (χ1n) is 6.55. The summed E-state index contributed by atoms with van der Waals surface area (Å²) in [6, 6.07) is 0. The molecule has 96 valence electrons. The third-order valence-corrected chi connectivity index (χ3v) is 4.02. The lowest BCUT2D eigenvalue weighted by molar-refractivity contribution is 0.339. The molecule has 1 atom stereocenters. The molecule has 1 unspecified atom stereocenters. The molecule has 17 heavy (non-hydrogen) atoms. The number of rotatable bonds is 3. The van der Waals surface area contributed by atoms with Gasteiger partial charge in [0.15, 0.2) is 0 Å². The van der Waals surface area contributed by atoms with Crippen molar-refractivity contribution in [2.75, 3.05) is 6.61 Å². The molecule has 0 fully saturated rings. The number of hydrogen-bond acceptors (Lipinski definition) is 1. The lowest BCUT2D eigenvalue weighted by atomic mass is 9.69. The molecular weight excluding hydrogens is 208 g/mol. The Bertz CT molecular complexity index is 356. The molecule has 0 aromatic rings. The summed E-state index contributed by atoms with van der Waals surface area (Å²) in [7, 11) is 0. The quantitative estimate of drug-likeness (QED) is 0.724. The van der Waals surface area contributed by atoms with E-state index in [0.717, 1.165) is 5.57 Å². The van der Waals surface area contributed by atoms with Crippen LogP contribution in [0.2, 0.25) is 0 Å². The molecule has 0 spiro atoms. The van der Waals surface area contributed by atoms with Gasteiger partial charge in [-0.25, -0.2) is 0 Å². The standard InChI is InChI=1S/C16H26O/c1-12(9-11-17)6-7-15-14(3)13(2)8-10-16(15,4)5/h6-7,9,13,17H,8,10-11H2,1-5H3/b7-6+,12-9+. The maximum Gasteiger partial charge on any atom is 0.0617 e. The second-order valence-electron chi connectivity index (χ2n) is 5.88. The first-order valence-corrected chi connectivity index (χ1v) is 6.55. The van der Waals surface area contributed by atoms with Gasteiger partial charge in [-0.1, -0.05) is 50.1 Å². The maximum atomic E-state index is 8.85. The van der Waals surface area contributed by atoms with Crippen molar-refractivity contribution < 1.29 is 5.11 Å². The molecule has 0 aromatic carbocycles. The second kappa shape index (κ2) is 5.68. The monoisotopic (exact) mass is 234 g/mol. The third kappa shape index (κ3) is 3.57. The van der Waals surface area contributed by atoms with Crippen LogP contribution in [0.15, 0.2) is 34.9 Å². The van der Waals surface area contributed by atoms with Crippen LogP contribution in [0, 0.1) is 11.3 Å². The predicted molar refractivity (Wildman–Crippen MR) is 74.9 cm³/mol. The summed E-state index contributed by atoms with van der Waals surface area (Å²) in [4.78, 5) is 0. The van der Waals surface area contributed by atoms with E-state index < -0.39 is 0 Å². The van der Waals surface area contributed by atoms with Crippen molar-refractivity contribution in [3.8, 4) is 0 Å². The molecule has 1 aliphatic rings. The highest BCUT2D eigenvalue weighted by atomic mass is 16.2. The highest BCUT2D eigenvalue weighted by Gasteiger charge is 2.29. The van der Waals surface area contributed by atoms with E-state index in [1.165, 1.54) is 24.0 Å². The van der Waals surface area contributed by atoms with Gasteiger partial charge < -0.3 is 5.11 Å². The molecule has 0 aliphatic heterocycles. The summed E-state index contributed by atoms with van der Waals surface area (Å²) in [6.45, 7) is 11.4. The molecule has 0 aromatic heterocycles.